The number of hydrogen-bond donors (Lipinski definition) is 1. The molecule has 23 heavy (non-hydrogen) atoms. The van der Waals surface area contributed by atoms with E-state index in [1.54, 1.807) is 38.4 Å². The lowest BCUT2D eigenvalue weighted by molar-refractivity contribution is -0.384. The van der Waals surface area contributed by atoms with Gasteiger partial charge in [0, 0.05) is 31.8 Å². The summed E-state index contributed by atoms with van der Waals surface area (Å²) in [6.07, 6.45) is 0. The van der Waals surface area contributed by atoms with Crippen molar-refractivity contribution in [2.75, 3.05) is 19.4 Å². The van der Waals surface area contributed by atoms with E-state index in [1.165, 1.54) is 29.2 Å². The lowest BCUT2D eigenvalue weighted by atomic mass is 10.1. The molecule has 0 fully saturated rings. The Bertz CT molecular complexity index is 771. The standard InChI is InChI=1S/C16H15N3O4/c1-18(2)16(21)13-8-3-4-9-14(13)17-15(20)11-6-5-7-12(10-11)19(22)23/h3-10H,1-2H3,(H,17,20). The van der Waals surface area contributed by atoms with Gasteiger partial charge in [0.05, 0.1) is 16.2 Å². The number of carbonyl (C=O) groups is 2. The number of nitro benzene ring substituents is 1. The number of nitrogens with one attached hydrogen (secondary N) is 1. The van der Waals surface area contributed by atoms with Crippen molar-refractivity contribution >= 4 is 23.2 Å². The molecule has 2 aromatic rings. The molecule has 118 valence electrons. The minimum absolute atomic E-state index is 0.145. The zero-order valence-corrected chi connectivity index (χ0v) is 12.6. The van der Waals surface area contributed by atoms with Gasteiger partial charge in [-0.15, -0.1) is 0 Å². The maximum Gasteiger partial charge on any atom is 0.270 e. The van der Waals surface area contributed by atoms with Crippen LogP contribution in [-0.4, -0.2) is 35.7 Å². The van der Waals surface area contributed by atoms with Gasteiger partial charge < -0.3 is 10.2 Å². The number of anilines is 1. The van der Waals surface area contributed by atoms with Crippen LogP contribution in [0.15, 0.2) is 48.5 Å². The molecule has 0 aromatic heterocycles. The second-order valence-corrected chi connectivity index (χ2v) is 5.01. The van der Waals surface area contributed by atoms with E-state index >= 15 is 0 Å². The van der Waals surface area contributed by atoms with Crippen molar-refractivity contribution in [3.05, 3.63) is 69.8 Å². The summed E-state index contributed by atoms with van der Waals surface area (Å²) in [5.41, 5.74) is 0.667. The summed E-state index contributed by atoms with van der Waals surface area (Å²) in [6.45, 7) is 0. The molecule has 0 spiro atoms. The normalized spacial score (nSPS) is 10.0. The summed E-state index contributed by atoms with van der Waals surface area (Å²) in [6, 6.07) is 12.0. The molecule has 0 saturated carbocycles. The average Bonchev–Trinajstić information content (AvgIpc) is 2.54. The molecule has 0 unspecified atom stereocenters. The van der Waals surface area contributed by atoms with Crippen LogP contribution in [0.4, 0.5) is 11.4 Å². The average molecular weight is 313 g/mol. The predicted octanol–water partition coefficient (Wildman–Crippen LogP) is 2.55. The molecular weight excluding hydrogens is 298 g/mol. The van der Waals surface area contributed by atoms with Crippen molar-refractivity contribution in [3.63, 3.8) is 0 Å². The maximum atomic E-state index is 12.3. The highest BCUT2D eigenvalue weighted by atomic mass is 16.6. The third kappa shape index (κ3) is 3.70. The van der Waals surface area contributed by atoms with Gasteiger partial charge in [0.1, 0.15) is 0 Å². The van der Waals surface area contributed by atoms with Crippen molar-refractivity contribution in [2.24, 2.45) is 0 Å². The first-order chi connectivity index (χ1) is 10.9. The van der Waals surface area contributed by atoms with Crippen LogP contribution in [0.1, 0.15) is 20.7 Å². The molecule has 2 rings (SSSR count). The van der Waals surface area contributed by atoms with E-state index in [1.807, 2.05) is 0 Å². The second kappa shape index (κ2) is 6.69. The van der Waals surface area contributed by atoms with E-state index in [0.717, 1.165) is 0 Å². The van der Waals surface area contributed by atoms with Gasteiger partial charge in [-0.2, -0.15) is 0 Å². The predicted molar refractivity (Wildman–Crippen MR) is 85.5 cm³/mol. The lowest BCUT2D eigenvalue weighted by Crippen LogP contribution is -2.24. The molecule has 0 bridgehead atoms. The van der Waals surface area contributed by atoms with Gasteiger partial charge in [0.25, 0.3) is 17.5 Å². The molecule has 7 nitrogen and oxygen atoms in total. The third-order valence-electron chi connectivity index (χ3n) is 3.13. The Morgan fingerprint density at radius 3 is 2.43 bits per heavy atom. The number of carbonyl (C=O) groups excluding carboxylic acids is 2. The monoisotopic (exact) mass is 313 g/mol. The van der Waals surface area contributed by atoms with Crippen LogP contribution < -0.4 is 5.32 Å². The molecule has 0 heterocycles. The molecule has 1 N–H and O–H groups in total. The molecule has 0 aliphatic carbocycles. The highest BCUT2D eigenvalue weighted by Crippen LogP contribution is 2.19. The highest BCUT2D eigenvalue weighted by molar-refractivity contribution is 6.09. The topological polar surface area (TPSA) is 92.6 Å². The van der Waals surface area contributed by atoms with Crippen LogP contribution in [-0.2, 0) is 0 Å². The molecule has 0 atom stereocenters. The van der Waals surface area contributed by atoms with E-state index in [4.69, 9.17) is 0 Å². The number of rotatable bonds is 4. The van der Waals surface area contributed by atoms with Crippen LogP contribution in [0.5, 0.6) is 0 Å². The minimum atomic E-state index is -0.569. The quantitative estimate of drug-likeness (QED) is 0.693. The number of nitro groups is 1. The molecule has 0 saturated heterocycles. The van der Waals surface area contributed by atoms with E-state index in [2.05, 4.69) is 5.32 Å². The van der Waals surface area contributed by atoms with Crippen LogP contribution in [0.25, 0.3) is 0 Å². The summed E-state index contributed by atoms with van der Waals surface area (Å²) in [7, 11) is 3.23. The van der Waals surface area contributed by atoms with Crippen molar-refractivity contribution in [1.29, 1.82) is 0 Å². The number of para-hydroxylation sites is 1. The highest BCUT2D eigenvalue weighted by Gasteiger charge is 2.16. The molecular formula is C16H15N3O4. The largest absolute Gasteiger partial charge is 0.345 e. The Hall–Kier alpha value is -3.22. The minimum Gasteiger partial charge on any atom is -0.345 e. The number of nitrogens with zero attached hydrogens (tertiary/aromatic N) is 2. The summed E-state index contributed by atoms with van der Waals surface area (Å²) in [4.78, 5) is 36.0. The van der Waals surface area contributed by atoms with Crippen LogP contribution in [0, 0.1) is 10.1 Å². The van der Waals surface area contributed by atoms with Gasteiger partial charge in [0.15, 0.2) is 0 Å². The third-order valence-corrected chi connectivity index (χ3v) is 3.13. The molecule has 0 radical (unpaired) electrons. The molecule has 0 aliphatic rings. The fourth-order valence-corrected chi connectivity index (χ4v) is 1.97. The maximum absolute atomic E-state index is 12.3. The summed E-state index contributed by atoms with van der Waals surface area (Å²) in [5, 5.41) is 13.4. The first kappa shape index (κ1) is 16.2. The van der Waals surface area contributed by atoms with Gasteiger partial charge in [-0.25, -0.2) is 0 Å². The molecule has 0 aliphatic heterocycles. The smallest absolute Gasteiger partial charge is 0.270 e. The first-order valence-electron chi connectivity index (χ1n) is 6.76. The molecule has 7 heteroatoms. The van der Waals surface area contributed by atoms with Crippen molar-refractivity contribution in [1.82, 2.24) is 4.90 Å². The van der Waals surface area contributed by atoms with Gasteiger partial charge in [-0.3, -0.25) is 19.7 Å². The Kier molecular flexibility index (Phi) is 4.70. The number of hydrogen-bond acceptors (Lipinski definition) is 4. The Morgan fingerprint density at radius 1 is 1.09 bits per heavy atom. The van der Waals surface area contributed by atoms with Gasteiger partial charge >= 0.3 is 0 Å². The van der Waals surface area contributed by atoms with Crippen LogP contribution >= 0.6 is 0 Å². The second-order valence-electron chi connectivity index (χ2n) is 5.01. The van der Waals surface area contributed by atoms with E-state index < -0.39 is 10.8 Å². The summed E-state index contributed by atoms with van der Waals surface area (Å²) >= 11 is 0. The van der Waals surface area contributed by atoms with Gasteiger partial charge in [-0.05, 0) is 18.2 Å². The zero-order chi connectivity index (χ0) is 17.0. The lowest BCUT2D eigenvalue weighted by Gasteiger charge is -2.14. The molecule has 2 aromatic carbocycles. The van der Waals surface area contributed by atoms with Crippen LogP contribution in [0.2, 0.25) is 0 Å². The molecule has 2 amide bonds. The number of amides is 2. The first-order valence-corrected chi connectivity index (χ1v) is 6.76. The van der Waals surface area contributed by atoms with Gasteiger partial charge in [0.2, 0.25) is 0 Å². The van der Waals surface area contributed by atoms with E-state index in [9.17, 15) is 19.7 Å². The van der Waals surface area contributed by atoms with Crippen molar-refractivity contribution < 1.29 is 14.5 Å². The van der Waals surface area contributed by atoms with Crippen molar-refractivity contribution in [3.8, 4) is 0 Å². The summed E-state index contributed by atoms with van der Waals surface area (Å²) in [5.74, 6) is -0.771. The van der Waals surface area contributed by atoms with Crippen LogP contribution in [0.3, 0.4) is 0 Å². The van der Waals surface area contributed by atoms with Crippen molar-refractivity contribution in [2.45, 2.75) is 0 Å². The van der Waals surface area contributed by atoms with Gasteiger partial charge in [-0.1, -0.05) is 18.2 Å². The fourth-order valence-electron chi connectivity index (χ4n) is 1.97. The Labute approximate surface area is 132 Å². The Balaban J connectivity index is 2.29. The van der Waals surface area contributed by atoms with E-state index in [0.29, 0.717) is 11.3 Å². The summed E-state index contributed by atoms with van der Waals surface area (Å²) < 4.78 is 0. The van der Waals surface area contributed by atoms with E-state index in [-0.39, 0.29) is 17.2 Å². The SMILES string of the molecule is CN(C)C(=O)c1ccccc1NC(=O)c1cccc([N+](=O)[O-])c1. The number of benzene rings is 2. The number of non-ortho nitro benzene ring substituents is 1. The Morgan fingerprint density at radius 2 is 1.78 bits per heavy atom. The fraction of sp³-hybridized carbons (Fsp3) is 0.125. The zero-order valence-electron chi connectivity index (χ0n) is 12.6.